The Kier molecular flexibility index (Phi) is 5.59. The van der Waals surface area contributed by atoms with Crippen LogP contribution in [-0.2, 0) is 4.79 Å². The van der Waals surface area contributed by atoms with Crippen LogP contribution in [0.5, 0.6) is 5.75 Å². The van der Waals surface area contributed by atoms with Gasteiger partial charge in [0.1, 0.15) is 11.3 Å². The van der Waals surface area contributed by atoms with Gasteiger partial charge in [-0.2, -0.15) is 0 Å². The predicted octanol–water partition coefficient (Wildman–Crippen LogP) is 4.01. The van der Waals surface area contributed by atoms with Gasteiger partial charge in [-0.05, 0) is 42.0 Å². The number of nitrogens with one attached hydrogen (secondary N) is 1. The van der Waals surface area contributed by atoms with Crippen LogP contribution in [0.15, 0.2) is 30.5 Å². The Balaban J connectivity index is 1.83. The summed E-state index contributed by atoms with van der Waals surface area (Å²) >= 11 is 0. The van der Waals surface area contributed by atoms with Crippen molar-refractivity contribution in [1.29, 1.82) is 0 Å². The van der Waals surface area contributed by atoms with E-state index in [4.69, 9.17) is 4.74 Å². The van der Waals surface area contributed by atoms with E-state index in [0.717, 1.165) is 41.9 Å². The fourth-order valence-corrected chi connectivity index (χ4v) is 3.99. The third-order valence-electron chi connectivity index (χ3n) is 4.99. The monoisotopic (exact) mass is 369 g/mol. The molecule has 2 heterocycles. The van der Waals surface area contributed by atoms with Crippen LogP contribution in [0.4, 0.5) is 5.69 Å². The van der Waals surface area contributed by atoms with Crippen molar-refractivity contribution in [3.8, 4) is 5.75 Å². The number of carbonyl (C=O) groups is 1. The molecule has 0 spiro atoms. The van der Waals surface area contributed by atoms with Crippen molar-refractivity contribution < 1.29 is 9.53 Å². The Hall–Kier alpha value is -2.30. The van der Waals surface area contributed by atoms with Crippen LogP contribution in [0.25, 0.3) is 10.9 Å². The fraction of sp³-hybridized carbons (Fsp3) is 0.545. The second-order valence-corrected chi connectivity index (χ2v) is 8.93. The summed E-state index contributed by atoms with van der Waals surface area (Å²) in [6.07, 6.45) is 3.36. The Morgan fingerprint density at radius 3 is 2.78 bits per heavy atom. The average Bonchev–Trinajstić information content (AvgIpc) is 2.58. The van der Waals surface area contributed by atoms with Crippen molar-refractivity contribution in [3.05, 3.63) is 30.5 Å². The highest BCUT2D eigenvalue weighted by Crippen LogP contribution is 2.34. The molecule has 146 valence electrons. The lowest BCUT2D eigenvalue weighted by Gasteiger charge is -2.39. The van der Waals surface area contributed by atoms with E-state index in [1.165, 1.54) is 0 Å². The summed E-state index contributed by atoms with van der Waals surface area (Å²) in [4.78, 5) is 19.3. The van der Waals surface area contributed by atoms with Gasteiger partial charge in [0.05, 0.1) is 7.11 Å². The molecule has 2 atom stereocenters. The molecule has 2 aromatic rings. The number of nitrogens with zero attached hydrogens (tertiary/aromatic N) is 2. The first-order valence-electron chi connectivity index (χ1n) is 9.73. The lowest BCUT2D eigenvalue weighted by molar-refractivity contribution is -0.123. The van der Waals surface area contributed by atoms with Crippen molar-refractivity contribution in [1.82, 2.24) is 10.3 Å². The maximum Gasteiger partial charge on any atom is 0.220 e. The molecule has 1 amide bonds. The third-order valence-corrected chi connectivity index (χ3v) is 4.99. The van der Waals surface area contributed by atoms with Crippen LogP contribution >= 0.6 is 0 Å². The zero-order valence-electron chi connectivity index (χ0n) is 17.1. The molecule has 1 aliphatic rings. The lowest BCUT2D eigenvalue weighted by Crippen LogP contribution is -2.51. The zero-order valence-corrected chi connectivity index (χ0v) is 17.1. The van der Waals surface area contributed by atoms with Crippen molar-refractivity contribution >= 4 is 22.5 Å². The normalized spacial score (nSPS) is 20.6. The summed E-state index contributed by atoms with van der Waals surface area (Å²) in [6, 6.07) is 8.30. The lowest BCUT2D eigenvalue weighted by atomic mass is 9.90. The average molecular weight is 370 g/mol. The van der Waals surface area contributed by atoms with E-state index in [-0.39, 0.29) is 17.4 Å². The van der Waals surface area contributed by atoms with Gasteiger partial charge in [-0.25, -0.2) is 0 Å². The van der Waals surface area contributed by atoms with Crippen LogP contribution in [0.2, 0.25) is 0 Å². The molecule has 1 aromatic heterocycles. The van der Waals surface area contributed by atoms with Crippen LogP contribution in [0, 0.1) is 11.3 Å². The standard InChI is InChI=1S/C22H31N3O2/c1-15-11-16(24-20(26)12-22(2,3)4)14-25(13-15)18-8-9-19(27-5)21-17(18)7-6-10-23-21/h6-10,15-16H,11-14H2,1-5H3,(H,24,26)/t15-,16+/m0/s1. The summed E-state index contributed by atoms with van der Waals surface area (Å²) in [7, 11) is 1.67. The number of fused-ring (bicyclic) bond motifs is 1. The van der Waals surface area contributed by atoms with Gasteiger partial charge in [0, 0.05) is 42.8 Å². The minimum atomic E-state index is 0.00189. The van der Waals surface area contributed by atoms with E-state index in [0.29, 0.717) is 12.3 Å². The maximum absolute atomic E-state index is 12.4. The number of rotatable bonds is 4. The van der Waals surface area contributed by atoms with Gasteiger partial charge in [-0.1, -0.05) is 27.7 Å². The Morgan fingerprint density at radius 1 is 1.30 bits per heavy atom. The highest BCUT2D eigenvalue weighted by Gasteiger charge is 2.28. The number of pyridine rings is 1. The Morgan fingerprint density at radius 2 is 2.07 bits per heavy atom. The van der Waals surface area contributed by atoms with Gasteiger partial charge in [0.15, 0.2) is 0 Å². The van der Waals surface area contributed by atoms with Crippen LogP contribution in [-0.4, -0.2) is 37.1 Å². The molecule has 0 bridgehead atoms. The molecule has 1 aliphatic heterocycles. The molecular weight excluding hydrogens is 338 g/mol. The summed E-state index contributed by atoms with van der Waals surface area (Å²) in [5.74, 6) is 1.43. The number of benzene rings is 1. The van der Waals surface area contributed by atoms with E-state index in [2.05, 4.69) is 55.0 Å². The second-order valence-electron chi connectivity index (χ2n) is 8.93. The molecule has 1 fully saturated rings. The summed E-state index contributed by atoms with van der Waals surface area (Å²) in [6.45, 7) is 10.3. The molecule has 27 heavy (non-hydrogen) atoms. The zero-order chi connectivity index (χ0) is 19.6. The highest BCUT2D eigenvalue weighted by molar-refractivity contribution is 5.95. The number of anilines is 1. The number of methoxy groups -OCH3 is 1. The molecule has 0 unspecified atom stereocenters. The van der Waals surface area contributed by atoms with Crippen LogP contribution in [0.1, 0.15) is 40.5 Å². The first-order valence-corrected chi connectivity index (χ1v) is 9.73. The van der Waals surface area contributed by atoms with Gasteiger partial charge in [-0.15, -0.1) is 0 Å². The molecular formula is C22H31N3O2. The van der Waals surface area contributed by atoms with Crippen LogP contribution < -0.4 is 15.0 Å². The topological polar surface area (TPSA) is 54.5 Å². The molecule has 1 aromatic carbocycles. The number of ether oxygens (including phenoxy) is 1. The van der Waals surface area contributed by atoms with Crippen LogP contribution in [0.3, 0.4) is 0 Å². The van der Waals surface area contributed by atoms with Gasteiger partial charge in [0.2, 0.25) is 5.91 Å². The Labute approximate surface area is 162 Å². The van der Waals surface area contributed by atoms with E-state index in [1.54, 1.807) is 13.3 Å². The first-order chi connectivity index (χ1) is 12.8. The van der Waals surface area contributed by atoms with Gasteiger partial charge >= 0.3 is 0 Å². The maximum atomic E-state index is 12.4. The largest absolute Gasteiger partial charge is 0.494 e. The van der Waals surface area contributed by atoms with Gasteiger partial charge in [-0.3, -0.25) is 9.78 Å². The molecule has 3 rings (SSSR count). The van der Waals surface area contributed by atoms with E-state index in [9.17, 15) is 4.79 Å². The minimum absolute atomic E-state index is 0.00189. The van der Waals surface area contributed by atoms with Gasteiger partial charge in [0.25, 0.3) is 0 Å². The number of hydrogen-bond acceptors (Lipinski definition) is 4. The van der Waals surface area contributed by atoms with E-state index < -0.39 is 0 Å². The SMILES string of the molecule is COc1ccc(N2C[C@@H](C)C[C@@H](NC(=O)CC(C)(C)C)C2)c2cccnc12. The minimum Gasteiger partial charge on any atom is -0.494 e. The molecule has 5 heteroatoms. The van der Waals surface area contributed by atoms with E-state index >= 15 is 0 Å². The number of carbonyl (C=O) groups excluding carboxylic acids is 1. The highest BCUT2D eigenvalue weighted by atomic mass is 16.5. The number of amides is 1. The molecule has 5 nitrogen and oxygen atoms in total. The first kappa shape index (κ1) is 19.5. The summed E-state index contributed by atoms with van der Waals surface area (Å²) in [5, 5.41) is 4.34. The van der Waals surface area contributed by atoms with Crippen molar-refractivity contribution in [2.24, 2.45) is 11.3 Å². The second kappa shape index (κ2) is 7.75. The summed E-state index contributed by atoms with van der Waals surface area (Å²) < 4.78 is 5.47. The van der Waals surface area contributed by atoms with Crippen molar-refractivity contribution in [3.63, 3.8) is 0 Å². The molecule has 0 radical (unpaired) electrons. The smallest absolute Gasteiger partial charge is 0.220 e. The Bertz CT molecular complexity index is 813. The summed E-state index contributed by atoms with van der Waals surface area (Å²) in [5.41, 5.74) is 2.03. The predicted molar refractivity (Wildman–Crippen MR) is 110 cm³/mol. The molecule has 1 N–H and O–H groups in total. The third kappa shape index (κ3) is 4.71. The van der Waals surface area contributed by atoms with Gasteiger partial charge < -0.3 is 15.0 Å². The van der Waals surface area contributed by atoms with E-state index in [1.807, 2.05) is 12.1 Å². The molecule has 0 aliphatic carbocycles. The van der Waals surface area contributed by atoms with Crippen molar-refractivity contribution in [2.75, 3.05) is 25.1 Å². The molecule has 1 saturated heterocycles. The number of piperidine rings is 1. The number of aromatic nitrogens is 1. The number of hydrogen-bond donors (Lipinski definition) is 1. The molecule has 0 saturated carbocycles. The van der Waals surface area contributed by atoms with Crippen molar-refractivity contribution in [2.45, 2.75) is 46.6 Å². The fourth-order valence-electron chi connectivity index (χ4n) is 3.99. The quantitative estimate of drug-likeness (QED) is 0.885.